The molecule has 10 rings (SSSR count). The minimum Gasteiger partial charge on any atom is -0.508 e. The van der Waals surface area contributed by atoms with E-state index in [0.29, 0.717) is 66.6 Å². The van der Waals surface area contributed by atoms with Gasteiger partial charge in [0.25, 0.3) is 0 Å². The van der Waals surface area contributed by atoms with Crippen LogP contribution in [0.3, 0.4) is 0 Å². The van der Waals surface area contributed by atoms with Gasteiger partial charge < -0.3 is 108 Å². The van der Waals surface area contributed by atoms with Gasteiger partial charge in [-0.15, -0.1) is 0 Å². The topological polar surface area (TPSA) is 524 Å². The third-order valence-electron chi connectivity index (χ3n) is 20.7. The molecule has 37 heteroatoms. The number of aliphatic carboxylic acids is 3. The normalized spacial score (nSPS) is 20.1. The van der Waals surface area contributed by atoms with E-state index in [-0.39, 0.29) is 104 Å². The van der Waals surface area contributed by atoms with Crippen LogP contribution >= 0.6 is 12.2 Å². The molecule has 0 bridgehead atoms. The number of unbranched alkanes of at least 4 members (excludes halogenated alkanes) is 1. The first-order valence-corrected chi connectivity index (χ1v) is 37.7. The fourth-order valence-corrected chi connectivity index (χ4v) is 15.2. The van der Waals surface area contributed by atoms with Crippen LogP contribution in [-0.2, 0) is 77.5 Å². The molecule has 0 aliphatic carbocycles. The third kappa shape index (κ3) is 20.0. The van der Waals surface area contributed by atoms with E-state index in [4.69, 9.17) is 32.3 Å². The molecule has 1 spiro atoms. The van der Waals surface area contributed by atoms with Crippen LogP contribution in [0.5, 0.6) is 23.0 Å². The summed E-state index contributed by atoms with van der Waals surface area (Å²) in [6.45, 7) is 2.79. The number of carboxylic acids is 3. The smallest absolute Gasteiger partial charge is 0.340 e. The molecule has 1 unspecified atom stereocenters. The molecule has 11 atom stereocenters. The second kappa shape index (κ2) is 37.3. The molecule has 15 N–H and O–H groups in total. The average Bonchev–Trinajstić information content (AvgIpc) is 1.58. The summed E-state index contributed by atoms with van der Waals surface area (Å²) in [5.41, 5.74) is 6.62. The van der Waals surface area contributed by atoms with Gasteiger partial charge in [-0.2, -0.15) is 0 Å². The largest absolute Gasteiger partial charge is 0.508 e. The summed E-state index contributed by atoms with van der Waals surface area (Å²) < 4.78 is 12.2. The Balaban J connectivity index is 0.731. The molecule has 604 valence electrons. The van der Waals surface area contributed by atoms with Crippen LogP contribution in [0.4, 0.5) is 5.69 Å². The fraction of sp³-hybridized carbons (Fsp3) is 0.474. The maximum atomic E-state index is 15.0. The number of hydrogen-bond donors (Lipinski definition) is 14. The lowest BCUT2D eigenvalue weighted by molar-refractivity contribution is -0.153. The van der Waals surface area contributed by atoms with Gasteiger partial charge in [0.05, 0.1) is 17.9 Å². The number of oxime groups is 1. The minimum absolute atomic E-state index is 0.0227. The van der Waals surface area contributed by atoms with Gasteiger partial charge >= 0.3 is 23.9 Å². The summed E-state index contributed by atoms with van der Waals surface area (Å²) in [6, 6.07) is 9.30. The Morgan fingerprint density at radius 1 is 0.611 bits per heavy atom. The molecular weight excluding hydrogens is 1490 g/mol. The van der Waals surface area contributed by atoms with Crippen LogP contribution in [0.15, 0.2) is 90.1 Å². The van der Waals surface area contributed by atoms with Crippen molar-refractivity contribution in [2.24, 2.45) is 10.9 Å². The van der Waals surface area contributed by atoms with Crippen molar-refractivity contribution < 1.29 is 112 Å². The van der Waals surface area contributed by atoms with Crippen molar-refractivity contribution in [3.63, 3.8) is 0 Å². The number of benzene rings is 4. The fourth-order valence-electron chi connectivity index (χ4n) is 15.0. The number of carbonyl (C=O) groups is 14. The lowest BCUT2D eigenvalue weighted by Crippen LogP contribution is -2.62. The Morgan fingerprint density at radius 2 is 1.19 bits per heavy atom. The number of aliphatic hydroxyl groups excluding tert-OH is 1. The first-order valence-electron chi connectivity index (χ1n) is 37.3. The monoisotopic (exact) mass is 1590 g/mol. The number of hydrogen-bond acceptors (Lipinski definition) is 22. The van der Waals surface area contributed by atoms with Crippen molar-refractivity contribution >= 4 is 112 Å². The molecule has 4 aromatic rings. The van der Waals surface area contributed by atoms with Gasteiger partial charge in [-0.25, -0.2) is 4.79 Å². The zero-order valence-corrected chi connectivity index (χ0v) is 62.7. The zero-order valence-electron chi connectivity index (χ0n) is 61.9. The molecule has 0 radical (unpaired) electrons. The minimum atomic E-state index is -1.76. The third-order valence-corrected chi connectivity index (χ3v) is 20.9. The summed E-state index contributed by atoms with van der Waals surface area (Å²) in [4.78, 5) is 201. The number of aromatic hydroxyl groups is 2. The van der Waals surface area contributed by atoms with Crippen molar-refractivity contribution in [1.82, 2.24) is 51.5 Å². The number of aliphatic hydroxyl groups is 1. The van der Waals surface area contributed by atoms with E-state index in [9.17, 15) is 97.8 Å². The molecule has 6 heterocycles. The maximum Gasteiger partial charge on any atom is 0.340 e. The Hall–Kier alpha value is -12.0. The van der Waals surface area contributed by atoms with E-state index >= 15 is 0 Å². The number of rotatable bonds is 33. The number of phenols is 2. The van der Waals surface area contributed by atoms with Crippen LogP contribution in [0, 0.1) is 0 Å². The first kappa shape index (κ1) is 83.5. The molecule has 0 saturated carbocycles. The zero-order chi connectivity index (χ0) is 81.5. The number of thiocarbonyl (C=S) groups is 1. The molecule has 113 heavy (non-hydrogen) atoms. The Bertz CT molecular complexity index is 4320. The van der Waals surface area contributed by atoms with Crippen LogP contribution in [0.1, 0.15) is 156 Å². The van der Waals surface area contributed by atoms with E-state index in [1.807, 2.05) is 0 Å². The second-order valence-corrected chi connectivity index (χ2v) is 28.9. The van der Waals surface area contributed by atoms with Gasteiger partial charge in [-0.3, -0.25) is 62.3 Å². The van der Waals surface area contributed by atoms with Gasteiger partial charge in [0.2, 0.25) is 59.1 Å². The number of amides is 10. The number of esters is 1. The van der Waals surface area contributed by atoms with E-state index in [0.717, 1.165) is 9.80 Å². The molecule has 10 amide bonds. The number of nitrogens with two attached hydrogens (primary N) is 1. The average molecular weight is 1590 g/mol. The number of likely N-dealkylation sites (tertiary alicyclic amines) is 4. The summed E-state index contributed by atoms with van der Waals surface area (Å²) in [6.07, 6.45) is -2.14. The van der Waals surface area contributed by atoms with Crippen molar-refractivity contribution in [2.75, 3.05) is 38.0 Å². The Morgan fingerprint density at radius 3 is 1.83 bits per heavy atom. The highest BCUT2D eigenvalue weighted by atomic mass is 32.1. The van der Waals surface area contributed by atoms with Gasteiger partial charge in [-0.1, -0.05) is 35.5 Å². The SMILES string of the molecule is C[C@H](NC(=O)[C@@H](NC(=O)[C@@H]1CCCN1C(=O)[C@H](CCC(=O)O)NC(=O)[C@@H]1CCCN1C(=O)CCCCNC(=S)Nc1ccc2c(c1)C1(OC2=O)c2ccc(O)cc2Oc2cc(O)ccc21)[C@@H](C)O)C(=O)N1CCCCC1C(=O)N1CC[C@H](O/N=C\c2ccccc2)[C@H]1C(=O)N[C@@H](CCC(=O)O)C(=O)N[C@@H](CCC(=O)O)C(N)=O. The Labute approximate surface area is 652 Å². The van der Waals surface area contributed by atoms with Gasteiger partial charge in [-0.05, 0) is 151 Å². The van der Waals surface area contributed by atoms with Crippen LogP contribution in [0.2, 0.25) is 0 Å². The highest BCUT2D eigenvalue weighted by Gasteiger charge is 2.55. The molecule has 6 aliphatic rings. The number of ether oxygens (including phenoxy) is 2. The molecule has 4 saturated heterocycles. The Kier molecular flexibility index (Phi) is 27.6. The maximum absolute atomic E-state index is 15.0. The predicted octanol–water partition coefficient (Wildman–Crippen LogP) is 1.41. The number of piperidine rings is 1. The van der Waals surface area contributed by atoms with Crippen molar-refractivity contribution in [3.8, 4) is 23.0 Å². The summed E-state index contributed by atoms with van der Waals surface area (Å²) >= 11 is 5.63. The van der Waals surface area contributed by atoms with E-state index in [1.54, 1.807) is 60.7 Å². The van der Waals surface area contributed by atoms with Crippen LogP contribution < -0.4 is 47.7 Å². The van der Waals surface area contributed by atoms with Crippen LogP contribution in [-0.4, -0.2) is 244 Å². The number of anilines is 1. The number of fused-ring (bicyclic) bond motifs is 6. The highest BCUT2D eigenvalue weighted by molar-refractivity contribution is 7.80. The van der Waals surface area contributed by atoms with E-state index in [1.165, 1.54) is 54.1 Å². The molecular formula is C76H91N13O23S. The van der Waals surface area contributed by atoms with Gasteiger partial charge in [0.1, 0.15) is 71.3 Å². The van der Waals surface area contributed by atoms with Gasteiger partial charge in [0, 0.05) is 99.3 Å². The number of carboxylic acid groups (broad SMARTS) is 3. The number of nitrogens with one attached hydrogen (secondary N) is 7. The lowest BCUT2D eigenvalue weighted by atomic mass is 9.77. The molecule has 36 nitrogen and oxygen atoms in total. The second-order valence-electron chi connectivity index (χ2n) is 28.5. The van der Waals surface area contributed by atoms with Crippen LogP contribution in [0.25, 0.3) is 0 Å². The molecule has 6 aliphatic heterocycles. The van der Waals surface area contributed by atoms with E-state index in [2.05, 4.69) is 42.4 Å². The number of phenolic OH excluding ortho intramolecular Hbond substituents is 2. The summed E-state index contributed by atoms with van der Waals surface area (Å²) in [5.74, 6) is -13.0. The summed E-state index contributed by atoms with van der Waals surface area (Å²) in [7, 11) is 0. The lowest BCUT2D eigenvalue weighted by Gasteiger charge is -2.39. The number of carbonyl (C=O) groups excluding carboxylic acids is 11. The van der Waals surface area contributed by atoms with Crippen molar-refractivity contribution in [2.45, 2.75) is 195 Å². The molecule has 0 aromatic heterocycles. The summed E-state index contributed by atoms with van der Waals surface area (Å²) in [5, 5.41) is 83.2. The standard InChI is InChI=1S/C76H91N13O23S/c1-40(71(106)88-32-9-7-14-55(88)73(108)89-35-30-56(112-79-39-42-12-4-3-5-13-42)64(89)70(105)83-51(25-28-61(96)97)66(101)82-50(65(77)100)24-27-60(94)95)80-69(104)63(41(2)90)85-68(103)54-16-11-34-87(54)72(107)52(26-29-62(98)99)84-67(102)53-15-10-33-86(53)59(93)17-6-8-31-78-75(113)81-43-18-21-46-49(36-43)76(111-74(46)109)47-22-19-44(91)37-57(47)110-58-38-45(92)20-23-48(58)76/h3-5,12-13,18-23,36-41,50-56,63-64,90-92H,6-11,14-17,24-35H2,1-2H3,(H2,77,100)(H,80,104)(H,82,101)(H,83,105)(H,84,102)(H,85,103)(H,94,95)(H,96,97)(H,98,99)(H2,78,81,113)/b79-39-/t40-,41+,50-,51-,52-,53-,54-,55?,56-,63-,64-/m0/s1. The number of primary amides is 1. The van der Waals surface area contributed by atoms with Crippen molar-refractivity contribution in [1.29, 1.82) is 0 Å². The van der Waals surface area contributed by atoms with Crippen molar-refractivity contribution in [3.05, 3.63) is 113 Å². The highest BCUT2D eigenvalue weighted by Crippen LogP contribution is 2.57. The first-order chi connectivity index (χ1) is 53.9. The van der Waals surface area contributed by atoms with E-state index < -0.39 is 188 Å². The molecule has 4 fully saturated rings. The van der Waals surface area contributed by atoms with Gasteiger partial charge in [0.15, 0.2) is 22.9 Å². The predicted molar refractivity (Wildman–Crippen MR) is 401 cm³/mol. The quantitative estimate of drug-likeness (QED) is 0.0105. The number of nitrogens with zero attached hydrogens (tertiary/aromatic N) is 5. The molecule has 4 aromatic carbocycles.